The Hall–Kier alpha value is -2.19. The molecule has 2 aromatic carbocycles. The van der Waals surface area contributed by atoms with Gasteiger partial charge in [-0.05, 0) is 77.4 Å². The van der Waals surface area contributed by atoms with Crippen LogP contribution in [0.5, 0.6) is 11.5 Å². The van der Waals surface area contributed by atoms with Gasteiger partial charge in [-0.25, -0.2) is 4.39 Å². The highest BCUT2D eigenvalue weighted by molar-refractivity contribution is 9.10. The fourth-order valence-electron chi connectivity index (χ4n) is 2.21. The standard InChI is InChI=1S/C19H21BrFN3O2S/c1-3-22-19(27)24-23-11-14-9-16(20)18(17(10-14)25-4-2)26-12-13-6-5-7-15(21)8-13/h5-11H,3-4,12H2,1-2H3,(H2,22,24,27). The molecule has 0 aliphatic rings. The predicted molar refractivity (Wildman–Crippen MR) is 113 cm³/mol. The molecular formula is C19H21BrFN3O2S. The zero-order chi connectivity index (χ0) is 19.6. The van der Waals surface area contributed by atoms with Crippen molar-refractivity contribution >= 4 is 39.5 Å². The molecule has 2 N–H and O–H groups in total. The van der Waals surface area contributed by atoms with Crippen molar-refractivity contribution in [1.29, 1.82) is 0 Å². The Morgan fingerprint density at radius 3 is 2.78 bits per heavy atom. The van der Waals surface area contributed by atoms with Crippen LogP contribution in [0.4, 0.5) is 4.39 Å². The summed E-state index contributed by atoms with van der Waals surface area (Å²) in [4.78, 5) is 0. The van der Waals surface area contributed by atoms with Crippen molar-refractivity contribution in [2.75, 3.05) is 13.2 Å². The molecule has 0 atom stereocenters. The molecule has 0 heterocycles. The van der Waals surface area contributed by atoms with Gasteiger partial charge in [-0.3, -0.25) is 5.43 Å². The first kappa shape index (κ1) is 21.1. The van der Waals surface area contributed by atoms with E-state index in [1.807, 2.05) is 26.0 Å². The molecule has 0 fully saturated rings. The third kappa shape index (κ3) is 6.80. The van der Waals surface area contributed by atoms with Crippen LogP contribution >= 0.6 is 28.1 Å². The van der Waals surface area contributed by atoms with E-state index in [9.17, 15) is 4.39 Å². The number of nitrogens with one attached hydrogen (secondary N) is 2. The second-order valence-corrected chi connectivity index (χ2v) is 6.67. The number of hydrogen-bond donors (Lipinski definition) is 2. The van der Waals surface area contributed by atoms with Crippen LogP contribution in [0.1, 0.15) is 25.0 Å². The van der Waals surface area contributed by atoms with E-state index in [2.05, 4.69) is 31.8 Å². The Bertz CT molecular complexity index is 818. The molecule has 0 spiro atoms. The summed E-state index contributed by atoms with van der Waals surface area (Å²) >= 11 is 8.56. The molecule has 27 heavy (non-hydrogen) atoms. The molecule has 0 aliphatic heterocycles. The predicted octanol–water partition coefficient (Wildman–Crippen LogP) is 4.38. The molecule has 0 radical (unpaired) electrons. The molecule has 0 unspecified atom stereocenters. The smallest absolute Gasteiger partial charge is 0.186 e. The fourth-order valence-corrected chi connectivity index (χ4v) is 2.98. The topological polar surface area (TPSA) is 54.9 Å². The van der Waals surface area contributed by atoms with Crippen LogP contribution in [0.25, 0.3) is 0 Å². The summed E-state index contributed by atoms with van der Waals surface area (Å²) in [6, 6.07) is 9.96. The Morgan fingerprint density at radius 1 is 1.26 bits per heavy atom. The number of rotatable bonds is 8. The second-order valence-electron chi connectivity index (χ2n) is 5.41. The molecule has 0 aliphatic carbocycles. The molecule has 2 rings (SSSR count). The van der Waals surface area contributed by atoms with E-state index in [1.54, 1.807) is 18.3 Å². The number of nitrogens with zero attached hydrogens (tertiary/aromatic N) is 1. The van der Waals surface area contributed by atoms with Crippen molar-refractivity contribution < 1.29 is 13.9 Å². The lowest BCUT2D eigenvalue weighted by Crippen LogP contribution is -2.31. The van der Waals surface area contributed by atoms with E-state index in [1.165, 1.54) is 12.1 Å². The minimum absolute atomic E-state index is 0.225. The molecule has 0 saturated heterocycles. The van der Waals surface area contributed by atoms with Crippen molar-refractivity contribution in [1.82, 2.24) is 10.7 Å². The van der Waals surface area contributed by atoms with Gasteiger partial charge in [-0.1, -0.05) is 12.1 Å². The van der Waals surface area contributed by atoms with Crippen molar-refractivity contribution in [3.63, 3.8) is 0 Å². The van der Waals surface area contributed by atoms with Gasteiger partial charge in [0, 0.05) is 6.54 Å². The number of ether oxygens (including phenoxy) is 2. The Morgan fingerprint density at radius 2 is 2.07 bits per heavy atom. The number of hydrazone groups is 1. The first-order valence-electron chi connectivity index (χ1n) is 8.44. The summed E-state index contributed by atoms with van der Waals surface area (Å²) in [5, 5.41) is 7.50. The monoisotopic (exact) mass is 453 g/mol. The minimum Gasteiger partial charge on any atom is -0.490 e. The Labute approximate surface area is 172 Å². The zero-order valence-electron chi connectivity index (χ0n) is 15.1. The van der Waals surface area contributed by atoms with E-state index in [0.29, 0.717) is 27.7 Å². The molecule has 2 aromatic rings. The van der Waals surface area contributed by atoms with Crippen LogP contribution in [0.2, 0.25) is 0 Å². The average Bonchev–Trinajstić information content (AvgIpc) is 2.61. The Balaban J connectivity index is 2.15. The Kier molecular flexibility index (Phi) is 8.47. The largest absolute Gasteiger partial charge is 0.490 e. The number of benzene rings is 2. The van der Waals surface area contributed by atoms with E-state index in [4.69, 9.17) is 21.7 Å². The van der Waals surface area contributed by atoms with E-state index in [-0.39, 0.29) is 12.4 Å². The fraction of sp³-hybridized carbons (Fsp3) is 0.263. The number of halogens is 2. The number of hydrogen-bond acceptors (Lipinski definition) is 4. The molecule has 0 saturated carbocycles. The van der Waals surface area contributed by atoms with E-state index < -0.39 is 0 Å². The van der Waals surface area contributed by atoms with Gasteiger partial charge in [0.25, 0.3) is 0 Å². The van der Waals surface area contributed by atoms with Crippen LogP contribution in [-0.4, -0.2) is 24.5 Å². The maximum Gasteiger partial charge on any atom is 0.186 e. The third-order valence-corrected chi connectivity index (χ3v) is 4.15. The summed E-state index contributed by atoms with van der Waals surface area (Å²) in [7, 11) is 0. The normalized spacial score (nSPS) is 10.7. The molecule has 8 heteroatoms. The molecular weight excluding hydrogens is 433 g/mol. The van der Waals surface area contributed by atoms with Crippen LogP contribution in [-0.2, 0) is 6.61 Å². The van der Waals surface area contributed by atoms with Crippen LogP contribution in [0.15, 0.2) is 46.0 Å². The highest BCUT2D eigenvalue weighted by atomic mass is 79.9. The van der Waals surface area contributed by atoms with E-state index in [0.717, 1.165) is 17.7 Å². The maximum atomic E-state index is 13.3. The molecule has 5 nitrogen and oxygen atoms in total. The zero-order valence-corrected chi connectivity index (χ0v) is 17.5. The van der Waals surface area contributed by atoms with Gasteiger partial charge < -0.3 is 14.8 Å². The summed E-state index contributed by atoms with van der Waals surface area (Å²) in [6.07, 6.45) is 1.63. The maximum absolute atomic E-state index is 13.3. The minimum atomic E-state index is -0.297. The summed E-state index contributed by atoms with van der Waals surface area (Å²) < 4.78 is 25.6. The lowest BCUT2D eigenvalue weighted by molar-refractivity contribution is 0.267. The highest BCUT2D eigenvalue weighted by Crippen LogP contribution is 2.37. The van der Waals surface area contributed by atoms with Crippen LogP contribution in [0, 0.1) is 5.82 Å². The summed E-state index contributed by atoms with van der Waals surface area (Å²) in [5.74, 6) is 0.822. The van der Waals surface area contributed by atoms with Gasteiger partial charge in [-0.15, -0.1) is 0 Å². The van der Waals surface area contributed by atoms with Gasteiger partial charge in [0.15, 0.2) is 16.6 Å². The first-order chi connectivity index (χ1) is 13.0. The lowest BCUT2D eigenvalue weighted by atomic mass is 10.2. The van der Waals surface area contributed by atoms with Gasteiger partial charge in [0.2, 0.25) is 0 Å². The third-order valence-electron chi connectivity index (χ3n) is 3.32. The SMILES string of the molecule is CCNC(=S)NN=Cc1cc(Br)c(OCc2cccc(F)c2)c(OCC)c1. The van der Waals surface area contributed by atoms with Gasteiger partial charge >= 0.3 is 0 Å². The van der Waals surface area contributed by atoms with Crippen LogP contribution < -0.4 is 20.2 Å². The molecule has 0 aromatic heterocycles. The van der Waals surface area contributed by atoms with Crippen molar-refractivity contribution in [2.24, 2.45) is 5.10 Å². The number of thiocarbonyl (C=S) groups is 1. The highest BCUT2D eigenvalue weighted by Gasteiger charge is 2.12. The van der Waals surface area contributed by atoms with Crippen molar-refractivity contribution in [3.8, 4) is 11.5 Å². The van der Waals surface area contributed by atoms with Crippen molar-refractivity contribution in [2.45, 2.75) is 20.5 Å². The van der Waals surface area contributed by atoms with Gasteiger partial charge in [0.05, 0.1) is 17.3 Å². The van der Waals surface area contributed by atoms with Crippen molar-refractivity contribution in [3.05, 3.63) is 57.8 Å². The summed E-state index contributed by atoms with van der Waals surface area (Å²) in [5.41, 5.74) is 4.27. The second kappa shape index (κ2) is 10.8. The summed E-state index contributed by atoms with van der Waals surface area (Å²) in [6.45, 7) is 5.26. The van der Waals surface area contributed by atoms with Gasteiger partial charge in [-0.2, -0.15) is 5.10 Å². The molecule has 0 amide bonds. The quantitative estimate of drug-likeness (QED) is 0.352. The first-order valence-corrected chi connectivity index (χ1v) is 9.64. The molecule has 144 valence electrons. The van der Waals surface area contributed by atoms with Crippen LogP contribution in [0.3, 0.4) is 0 Å². The average molecular weight is 454 g/mol. The van der Waals surface area contributed by atoms with Gasteiger partial charge in [0.1, 0.15) is 12.4 Å². The van der Waals surface area contributed by atoms with E-state index >= 15 is 0 Å². The molecule has 0 bridgehead atoms. The lowest BCUT2D eigenvalue weighted by Gasteiger charge is -2.14.